The van der Waals surface area contributed by atoms with Gasteiger partial charge in [-0.1, -0.05) is 12.1 Å². The summed E-state index contributed by atoms with van der Waals surface area (Å²) in [5.74, 6) is -1.21. The zero-order chi connectivity index (χ0) is 15.3. The molecule has 0 aliphatic rings. The van der Waals surface area contributed by atoms with E-state index in [4.69, 9.17) is 5.11 Å². The molecule has 1 aromatic carbocycles. The number of aryl methyl sites for hydroxylation is 1. The molecular formula is C15H21NO3S. The maximum absolute atomic E-state index is 11.8. The largest absolute Gasteiger partial charge is 0.481 e. The van der Waals surface area contributed by atoms with Crippen LogP contribution in [0, 0.1) is 12.3 Å². The van der Waals surface area contributed by atoms with Crippen molar-refractivity contribution in [1.29, 1.82) is 0 Å². The van der Waals surface area contributed by atoms with Gasteiger partial charge in [0.15, 0.2) is 0 Å². The summed E-state index contributed by atoms with van der Waals surface area (Å²) in [6.45, 7) is 5.55. The minimum atomic E-state index is -1.04. The number of carbonyl (C=O) groups is 2. The zero-order valence-electron chi connectivity index (χ0n) is 12.3. The molecule has 1 amide bonds. The number of amides is 1. The molecule has 0 saturated heterocycles. The highest BCUT2D eigenvalue weighted by Crippen LogP contribution is 2.23. The number of rotatable bonds is 6. The van der Waals surface area contributed by atoms with Gasteiger partial charge in [-0.2, -0.15) is 0 Å². The van der Waals surface area contributed by atoms with Gasteiger partial charge in [0.05, 0.1) is 5.41 Å². The normalized spacial score (nSPS) is 11.2. The Kier molecular flexibility index (Phi) is 5.62. The Labute approximate surface area is 124 Å². The van der Waals surface area contributed by atoms with Gasteiger partial charge in [0.25, 0.3) is 0 Å². The standard InChI is InChI=1S/C15H21NO3S/c1-10-5-6-11(12(7-10)20-4)9-16-13(17)8-15(2,3)14(18)19/h5-7H,8-9H2,1-4H3,(H,16,17)(H,18,19). The number of hydrogen-bond donors (Lipinski definition) is 2. The molecule has 0 saturated carbocycles. The predicted molar refractivity (Wildman–Crippen MR) is 80.8 cm³/mol. The summed E-state index contributed by atoms with van der Waals surface area (Å²) in [4.78, 5) is 23.9. The van der Waals surface area contributed by atoms with Crippen molar-refractivity contribution in [3.05, 3.63) is 29.3 Å². The highest BCUT2D eigenvalue weighted by atomic mass is 32.2. The fourth-order valence-electron chi connectivity index (χ4n) is 1.73. The minimum absolute atomic E-state index is 0.0250. The topological polar surface area (TPSA) is 66.4 Å². The molecule has 0 atom stereocenters. The van der Waals surface area contributed by atoms with Crippen LogP contribution in [0.1, 0.15) is 31.4 Å². The fourth-order valence-corrected chi connectivity index (χ4v) is 2.44. The van der Waals surface area contributed by atoms with E-state index in [1.54, 1.807) is 25.6 Å². The van der Waals surface area contributed by atoms with Gasteiger partial charge >= 0.3 is 5.97 Å². The average Bonchev–Trinajstić information content (AvgIpc) is 2.36. The Balaban J connectivity index is 2.64. The van der Waals surface area contributed by atoms with E-state index in [2.05, 4.69) is 11.4 Å². The van der Waals surface area contributed by atoms with Crippen molar-refractivity contribution in [2.75, 3.05) is 6.26 Å². The second-order valence-electron chi connectivity index (χ2n) is 5.46. The second kappa shape index (κ2) is 6.79. The van der Waals surface area contributed by atoms with E-state index in [-0.39, 0.29) is 12.3 Å². The van der Waals surface area contributed by atoms with E-state index < -0.39 is 11.4 Å². The first-order chi connectivity index (χ1) is 9.26. The molecule has 0 heterocycles. The lowest BCUT2D eigenvalue weighted by molar-refractivity contribution is -0.149. The average molecular weight is 295 g/mol. The molecule has 110 valence electrons. The van der Waals surface area contributed by atoms with Gasteiger partial charge in [0, 0.05) is 17.9 Å². The molecular weight excluding hydrogens is 274 g/mol. The van der Waals surface area contributed by atoms with E-state index >= 15 is 0 Å². The fraction of sp³-hybridized carbons (Fsp3) is 0.467. The van der Waals surface area contributed by atoms with Crippen molar-refractivity contribution in [1.82, 2.24) is 5.32 Å². The van der Waals surface area contributed by atoms with Gasteiger partial charge in [-0.25, -0.2) is 0 Å². The molecule has 1 rings (SSSR count). The van der Waals surface area contributed by atoms with Crippen LogP contribution in [-0.2, 0) is 16.1 Å². The first-order valence-electron chi connectivity index (χ1n) is 6.40. The van der Waals surface area contributed by atoms with E-state index in [0.717, 1.165) is 10.5 Å². The first kappa shape index (κ1) is 16.6. The highest BCUT2D eigenvalue weighted by molar-refractivity contribution is 7.98. The van der Waals surface area contributed by atoms with E-state index in [1.165, 1.54) is 5.56 Å². The molecule has 0 aliphatic heterocycles. The molecule has 5 heteroatoms. The zero-order valence-corrected chi connectivity index (χ0v) is 13.1. The van der Waals surface area contributed by atoms with Crippen LogP contribution in [0.3, 0.4) is 0 Å². The number of aliphatic carboxylic acids is 1. The lowest BCUT2D eigenvalue weighted by Gasteiger charge is -2.18. The van der Waals surface area contributed by atoms with Gasteiger partial charge in [-0.05, 0) is 44.2 Å². The van der Waals surface area contributed by atoms with Crippen molar-refractivity contribution in [2.24, 2.45) is 5.41 Å². The van der Waals surface area contributed by atoms with Crippen LogP contribution in [0.15, 0.2) is 23.1 Å². The maximum atomic E-state index is 11.8. The third-order valence-corrected chi connectivity index (χ3v) is 3.92. The number of carbonyl (C=O) groups excluding carboxylic acids is 1. The summed E-state index contributed by atoms with van der Waals surface area (Å²) in [7, 11) is 0. The van der Waals surface area contributed by atoms with Crippen LogP contribution in [0.25, 0.3) is 0 Å². The Morgan fingerprint density at radius 1 is 1.35 bits per heavy atom. The van der Waals surface area contributed by atoms with Crippen molar-refractivity contribution in [3.63, 3.8) is 0 Å². The van der Waals surface area contributed by atoms with Crippen LogP contribution >= 0.6 is 11.8 Å². The predicted octanol–water partition coefficient (Wildman–Crippen LogP) is 2.83. The van der Waals surface area contributed by atoms with Crippen molar-refractivity contribution in [3.8, 4) is 0 Å². The third kappa shape index (κ3) is 4.56. The molecule has 2 N–H and O–H groups in total. The molecule has 0 bridgehead atoms. The first-order valence-corrected chi connectivity index (χ1v) is 7.62. The van der Waals surface area contributed by atoms with Crippen molar-refractivity contribution >= 4 is 23.6 Å². The molecule has 0 spiro atoms. The lowest BCUT2D eigenvalue weighted by atomic mass is 9.89. The Morgan fingerprint density at radius 3 is 2.55 bits per heavy atom. The summed E-state index contributed by atoms with van der Waals surface area (Å²) in [6, 6.07) is 6.07. The molecule has 1 aromatic rings. The number of carboxylic acid groups (broad SMARTS) is 1. The van der Waals surface area contributed by atoms with Crippen LogP contribution in [0.5, 0.6) is 0 Å². The van der Waals surface area contributed by atoms with E-state index in [0.29, 0.717) is 6.54 Å². The molecule has 0 unspecified atom stereocenters. The molecule has 0 aliphatic carbocycles. The number of carboxylic acids is 1. The summed E-state index contributed by atoms with van der Waals surface area (Å²) in [5.41, 5.74) is 1.18. The Bertz CT molecular complexity index is 512. The van der Waals surface area contributed by atoms with E-state index in [1.807, 2.05) is 25.3 Å². The summed E-state index contributed by atoms with van der Waals surface area (Å²) >= 11 is 1.63. The Morgan fingerprint density at radius 2 is 2.00 bits per heavy atom. The summed E-state index contributed by atoms with van der Waals surface area (Å²) < 4.78 is 0. The van der Waals surface area contributed by atoms with Gasteiger partial charge in [-0.3, -0.25) is 9.59 Å². The highest BCUT2D eigenvalue weighted by Gasteiger charge is 2.29. The number of benzene rings is 1. The summed E-state index contributed by atoms with van der Waals surface area (Å²) in [5, 5.41) is 11.8. The van der Waals surface area contributed by atoms with Crippen LogP contribution in [-0.4, -0.2) is 23.2 Å². The van der Waals surface area contributed by atoms with E-state index in [9.17, 15) is 9.59 Å². The number of hydrogen-bond acceptors (Lipinski definition) is 3. The smallest absolute Gasteiger partial charge is 0.309 e. The quantitative estimate of drug-likeness (QED) is 0.792. The Hall–Kier alpha value is -1.49. The van der Waals surface area contributed by atoms with Gasteiger partial charge < -0.3 is 10.4 Å². The third-order valence-electron chi connectivity index (χ3n) is 3.10. The van der Waals surface area contributed by atoms with Crippen molar-refractivity contribution in [2.45, 2.75) is 38.6 Å². The van der Waals surface area contributed by atoms with Gasteiger partial charge in [0.1, 0.15) is 0 Å². The second-order valence-corrected chi connectivity index (χ2v) is 6.31. The lowest BCUT2D eigenvalue weighted by Crippen LogP contribution is -2.33. The summed E-state index contributed by atoms with van der Waals surface area (Å²) in [6.07, 6.45) is 1.97. The monoisotopic (exact) mass is 295 g/mol. The minimum Gasteiger partial charge on any atom is -0.481 e. The van der Waals surface area contributed by atoms with Gasteiger partial charge in [-0.15, -0.1) is 11.8 Å². The maximum Gasteiger partial charge on any atom is 0.309 e. The van der Waals surface area contributed by atoms with Crippen LogP contribution in [0.4, 0.5) is 0 Å². The number of thioether (sulfide) groups is 1. The molecule has 0 fully saturated rings. The molecule has 0 radical (unpaired) electrons. The molecule has 20 heavy (non-hydrogen) atoms. The SMILES string of the molecule is CSc1cc(C)ccc1CNC(=O)CC(C)(C)C(=O)O. The van der Waals surface area contributed by atoms with Crippen LogP contribution < -0.4 is 5.32 Å². The number of nitrogens with one attached hydrogen (secondary N) is 1. The van der Waals surface area contributed by atoms with Crippen LogP contribution in [0.2, 0.25) is 0 Å². The molecule has 4 nitrogen and oxygen atoms in total. The van der Waals surface area contributed by atoms with Gasteiger partial charge in [0.2, 0.25) is 5.91 Å². The molecule has 0 aromatic heterocycles. The van der Waals surface area contributed by atoms with Crippen molar-refractivity contribution < 1.29 is 14.7 Å².